The number of methoxy groups -OCH3 is 1. The first kappa shape index (κ1) is 13.2. The molecule has 0 unspecified atom stereocenters. The van der Waals surface area contributed by atoms with Gasteiger partial charge in [0.25, 0.3) is 0 Å². The van der Waals surface area contributed by atoms with Crippen LogP contribution < -0.4 is 0 Å². The number of carbonyl (C=O) groups excluding carboxylic acids is 1. The van der Waals surface area contributed by atoms with Crippen molar-refractivity contribution in [3.63, 3.8) is 0 Å². The van der Waals surface area contributed by atoms with Gasteiger partial charge in [-0.05, 0) is 18.9 Å². The topological polar surface area (TPSA) is 69.9 Å². The van der Waals surface area contributed by atoms with Gasteiger partial charge in [0.15, 0.2) is 11.5 Å². The van der Waals surface area contributed by atoms with E-state index in [-0.39, 0.29) is 5.69 Å². The van der Waals surface area contributed by atoms with E-state index in [1.165, 1.54) is 13.3 Å². The van der Waals surface area contributed by atoms with Gasteiger partial charge >= 0.3 is 5.97 Å². The summed E-state index contributed by atoms with van der Waals surface area (Å²) in [6.07, 6.45) is 4.64. The maximum atomic E-state index is 11.5. The van der Waals surface area contributed by atoms with Gasteiger partial charge in [0.1, 0.15) is 0 Å². The summed E-state index contributed by atoms with van der Waals surface area (Å²) in [5, 5.41) is 4.46. The van der Waals surface area contributed by atoms with E-state index in [4.69, 9.17) is 0 Å². The molecule has 0 aromatic carbocycles. The highest BCUT2D eigenvalue weighted by Crippen LogP contribution is 2.12. The third kappa shape index (κ3) is 2.62. The van der Waals surface area contributed by atoms with Crippen molar-refractivity contribution in [1.82, 2.24) is 19.7 Å². The molecule has 19 heavy (non-hydrogen) atoms. The van der Waals surface area contributed by atoms with Crippen LogP contribution in [0.4, 0.5) is 0 Å². The second-order valence-corrected chi connectivity index (χ2v) is 4.00. The second kappa shape index (κ2) is 5.60. The van der Waals surface area contributed by atoms with Crippen LogP contribution >= 0.6 is 0 Å². The minimum Gasteiger partial charge on any atom is -0.464 e. The molecule has 0 radical (unpaired) electrons. The number of esters is 1. The van der Waals surface area contributed by atoms with Gasteiger partial charge in [-0.3, -0.25) is 4.98 Å². The highest BCUT2D eigenvalue weighted by atomic mass is 16.5. The molecule has 2 heterocycles. The van der Waals surface area contributed by atoms with Crippen LogP contribution in [0.1, 0.15) is 35.7 Å². The Morgan fingerprint density at radius 3 is 2.74 bits per heavy atom. The van der Waals surface area contributed by atoms with Crippen molar-refractivity contribution in [3.8, 4) is 5.82 Å². The van der Waals surface area contributed by atoms with Crippen molar-refractivity contribution in [1.29, 1.82) is 0 Å². The van der Waals surface area contributed by atoms with Gasteiger partial charge in [-0.25, -0.2) is 14.5 Å². The molecule has 0 saturated carbocycles. The van der Waals surface area contributed by atoms with Gasteiger partial charge in [0, 0.05) is 5.69 Å². The maximum absolute atomic E-state index is 11.5. The van der Waals surface area contributed by atoms with Crippen LogP contribution in [-0.2, 0) is 17.6 Å². The van der Waals surface area contributed by atoms with Gasteiger partial charge in [-0.15, -0.1) is 0 Å². The van der Waals surface area contributed by atoms with Crippen molar-refractivity contribution in [2.75, 3.05) is 7.11 Å². The Kier molecular flexibility index (Phi) is 3.89. The van der Waals surface area contributed by atoms with Crippen LogP contribution in [0.15, 0.2) is 18.5 Å². The monoisotopic (exact) mass is 260 g/mol. The Morgan fingerprint density at radius 1 is 1.32 bits per heavy atom. The van der Waals surface area contributed by atoms with Crippen LogP contribution in [-0.4, -0.2) is 32.8 Å². The summed E-state index contributed by atoms with van der Waals surface area (Å²) in [7, 11) is 1.32. The molecular formula is C13H16N4O2. The van der Waals surface area contributed by atoms with Crippen LogP contribution in [0.25, 0.3) is 5.82 Å². The number of hydrogen-bond acceptors (Lipinski definition) is 5. The highest BCUT2D eigenvalue weighted by molar-refractivity contribution is 5.86. The largest absolute Gasteiger partial charge is 0.464 e. The Labute approximate surface area is 111 Å². The first-order valence-electron chi connectivity index (χ1n) is 6.18. The lowest BCUT2D eigenvalue weighted by Crippen LogP contribution is -2.10. The van der Waals surface area contributed by atoms with Crippen molar-refractivity contribution in [3.05, 3.63) is 35.5 Å². The van der Waals surface area contributed by atoms with Crippen LogP contribution in [0.5, 0.6) is 0 Å². The SMILES string of the molecule is CCc1cc(CC)n(-c2cncc(C(=O)OC)n2)n1. The molecule has 2 aromatic rings. The number of aryl methyl sites for hydroxylation is 2. The zero-order valence-electron chi connectivity index (χ0n) is 11.3. The normalized spacial score (nSPS) is 10.5. The van der Waals surface area contributed by atoms with E-state index in [0.717, 1.165) is 24.2 Å². The quantitative estimate of drug-likeness (QED) is 0.780. The van der Waals surface area contributed by atoms with Crippen molar-refractivity contribution >= 4 is 5.97 Å². The fourth-order valence-corrected chi connectivity index (χ4v) is 1.76. The van der Waals surface area contributed by atoms with Crippen molar-refractivity contribution < 1.29 is 9.53 Å². The summed E-state index contributed by atoms with van der Waals surface area (Å²) in [5.74, 6) is 0.0229. The van der Waals surface area contributed by atoms with Crippen molar-refractivity contribution in [2.45, 2.75) is 26.7 Å². The molecule has 6 heteroatoms. The number of aromatic nitrogens is 4. The summed E-state index contributed by atoms with van der Waals surface area (Å²) in [5.41, 5.74) is 2.20. The molecule has 0 saturated heterocycles. The summed E-state index contributed by atoms with van der Waals surface area (Å²) < 4.78 is 6.36. The predicted molar refractivity (Wildman–Crippen MR) is 69.2 cm³/mol. The van der Waals surface area contributed by atoms with Crippen LogP contribution in [0.2, 0.25) is 0 Å². The molecule has 0 aliphatic carbocycles. The molecule has 6 nitrogen and oxygen atoms in total. The molecule has 0 N–H and O–H groups in total. The van der Waals surface area contributed by atoms with Crippen LogP contribution in [0, 0.1) is 0 Å². The lowest BCUT2D eigenvalue weighted by molar-refractivity contribution is 0.0593. The van der Waals surface area contributed by atoms with Gasteiger partial charge in [0.05, 0.1) is 25.2 Å². The van der Waals surface area contributed by atoms with E-state index in [1.807, 2.05) is 19.9 Å². The summed E-state index contributed by atoms with van der Waals surface area (Å²) in [4.78, 5) is 19.7. The summed E-state index contributed by atoms with van der Waals surface area (Å²) in [6.45, 7) is 4.09. The van der Waals surface area contributed by atoms with Gasteiger partial charge in [-0.1, -0.05) is 13.8 Å². The maximum Gasteiger partial charge on any atom is 0.358 e. The Bertz CT molecular complexity index is 592. The standard InChI is InChI=1S/C13H16N4O2/c1-4-9-6-10(5-2)17(16-9)12-8-14-7-11(15-12)13(18)19-3/h6-8H,4-5H2,1-3H3. The minimum absolute atomic E-state index is 0.176. The third-order valence-electron chi connectivity index (χ3n) is 2.79. The van der Waals surface area contributed by atoms with E-state index in [1.54, 1.807) is 10.9 Å². The van der Waals surface area contributed by atoms with Gasteiger partial charge < -0.3 is 4.74 Å². The first-order valence-corrected chi connectivity index (χ1v) is 6.18. The lowest BCUT2D eigenvalue weighted by atomic mass is 10.3. The van der Waals surface area contributed by atoms with E-state index < -0.39 is 5.97 Å². The average molecular weight is 260 g/mol. The number of carbonyl (C=O) groups is 1. The molecule has 2 aromatic heterocycles. The molecule has 0 atom stereocenters. The number of rotatable bonds is 4. The van der Waals surface area contributed by atoms with Gasteiger partial charge in [-0.2, -0.15) is 5.10 Å². The molecular weight excluding hydrogens is 244 g/mol. The second-order valence-electron chi connectivity index (χ2n) is 4.00. The summed E-state index contributed by atoms with van der Waals surface area (Å²) in [6, 6.07) is 2.03. The van der Waals surface area contributed by atoms with Crippen molar-refractivity contribution in [2.24, 2.45) is 0 Å². The minimum atomic E-state index is -0.504. The zero-order chi connectivity index (χ0) is 13.8. The zero-order valence-corrected chi connectivity index (χ0v) is 11.3. The van der Waals surface area contributed by atoms with E-state index >= 15 is 0 Å². The van der Waals surface area contributed by atoms with Gasteiger partial charge in [0.2, 0.25) is 0 Å². The van der Waals surface area contributed by atoms with E-state index in [2.05, 4.69) is 19.8 Å². The molecule has 100 valence electrons. The fourth-order valence-electron chi connectivity index (χ4n) is 1.76. The highest BCUT2D eigenvalue weighted by Gasteiger charge is 2.12. The van der Waals surface area contributed by atoms with E-state index in [9.17, 15) is 4.79 Å². The first-order chi connectivity index (χ1) is 9.19. The third-order valence-corrected chi connectivity index (χ3v) is 2.79. The molecule has 0 spiro atoms. The number of nitrogens with zero attached hydrogens (tertiary/aromatic N) is 4. The van der Waals surface area contributed by atoms with Crippen LogP contribution in [0.3, 0.4) is 0 Å². The molecule has 0 bridgehead atoms. The molecule has 0 amide bonds. The Morgan fingerprint density at radius 2 is 2.11 bits per heavy atom. The smallest absolute Gasteiger partial charge is 0.358 e. The predicted octanol–water partition coefficient (Wildman–Crippen LogP) is 1.57. The Hall–Kier alpha value is -2.24. The fraction of sp³-hybridized carbons (Fsp3) is 0.385. The number of hydrogen-bond donors (Lipinski definition) is 0. The molecule has 0 aliphatic rings. The molecule has 2 rings (SSSR count). The lowest BCUT2D eigenvalue weighted by Gasteiger charge is -2.05. The Balaban J connectivity index is 2.46. The molecule has 0 aliphatic heterocycles. The average Bonchev–Trinajstić information content (AvgIpc) is 2.90. The number of ether oxygens (including phenoxy) is 1. The summed E-state index contributed by atoms with van der Waals surface area (Å²) >= 11 is 0. The van der Waals surface area contributed by atoms with E-state index in [0.29, 0.717) is 5.82 Å². The molecule has 0 fully saturated rings.